The fourth-order valence-corrected chi connectivity index (χ4v) is 3.52. The van der Waals surface area contributed by atoms with Gasteiger partial charge in [0.25, 0.3) is 0 Å². The van der Waals surface area contributed by atoms with Crippen molar-refractivity contribution in [3.63, 3.8) is 0 Å². The Hall–Kier alpha value is -0.120. The van der Waals surface area contributed by atoms with E-state index in [1.54, 1.807) is 0 Å². The first-order valence-corrected chi connectivity index (χ1v) is 8.23. The average molecular weight is 268 g/mol. The SMILES string of the molecule is CCCNCC1(CN(CCOC)C2CC2)CCCC1. The Morgan fingerprint density at radius 3 is 2.58 bits per heavy atom. The molecule has 2 saturated carbocycles. The van der Waals surface area contributed by atoms with E-state index in [1.165, 1.54) is 64.6 Å². The molecule has 0 aliphatic heterocycles. The van der Waals surface area contributed by atoms with Crippen LogP contribution in [-0.4, -0.2) is 50.8 Å². The van der Waals surface area contributed by atoms with Gasteiger partial charge < -0.3 is 10.1 Å². The summed E-state index contributed by atoms with van der Waals surface area (Å²) in [5, 5.41) is 3.68. The van der Waals surface area contributed by atoms with Crippen LogP contribution in [0.4, 0.5) is 0 Å². The molecule has 2 rings (SSSR count). The standard InChI is InChI=1S/C16H32N2O/c1-3-10-17-13-16(8-4-5-9-16)14-18(11-12-19-2)15-6-7-15/h15,17H,3-14H2,1-2H3. The number of hydrogen-bond acceptors (Lipinski definition) is 3. The van der Waals surface area contributed by atoms with Crippen LogP contribution in [0.2, 0.25) is 0 Å². The summed E-state index contributed by atoms with van der Waals surface area (Å²) < 4.78 is 5.29. The third kappa shape index (κ3) is 4.73. The molecule has 2 aliphatic carbocycles. The molecular formula is C16H32N2O. The van der Waals surface area contributed by atoms with Crippen molar-refractivity contribution in [1.82, 2.24) is 10.2 Å². The first kappa shape index (κ1) is 15.3. The highest BCUT2D eigenvalue weighted by atomic mass is 16.5. The molecule has 0 unspecified atom stereocenters. The fraction of sp³-hybridized carbons (Fsp3) is 1.00. The largest absolute Gasteiger partial charge is 0.383 e. The van der Waals surface area contributed by atoms with Crippen LogP contribution in [-0.2, 0) is 4.74 Å². The minimum absolute atomic E-state index is 0.547. The molecule has 0 bridgehead atoms. The van der Waals surface area contributed by atoms with Gasteiger partial charge in [-0.15, -0.1) is 0 Å². The molecule has 112 valence electrons. The van der Waals surface area contributed by atoms with Gasteiger partial charge in [-0.25, -0.2) is 0 Å². The molecule has 0 aromatic rings. The third-order valence-corrected chi connectivity index (χ3v) is 4.78. The monoisotopic (exact) mass is 268 g/mol. The lowest BCUT2D eigenvalue weighted by molar-refractivity contribution is 0.1000. The maximum atomic E-state index is 5.29. The summed E-state index contributed by atoms with van der Waals surface area (Å²) in [6, 6.07) is 0.860. The summed E-state index contributed by atoms with van der Waals surface area (Å²) in [5.74, 6) is 0. The van der Waals surface area contributed by atoms with Crippen LogP contribution in [0.3, 0.4) is 0 Å². The minimum Gasteiger partial charge on any atom is -0.383 e. The van der Waals surface area contributed by atoms with E-state index in [4.69, 9.17) is 4.74 Å². The zero-order valence-electron chi connectivity index (χ0n) is 12.9. The van der Waals surface area contributed by atoms with Gasteiger partial charge in [-0.05, 0) is 44.1 Å². The lowest BCUT2D eigenvalue weighted by Gasteiger charge is -2.36. The molecule has 0 atom stereocenters. The van der Waals surface area contributed by atoms with E-state index in [1.807, 2.05) is 7.11 Å². The first-order chi connectivity index (χ1) is 9.29. The molecule has 0 aromatic carbocycles. The molecule has 0 amide bonds. The van der Waals surface area contributed by atoms with Crippen LogP contribution in [0.15, 0.2) is 0 Å². The number of methoxy groups -OCH3 is 1. The molecule has 0 saturated heterocycles. The number of nitrogens with zero attached hydrogens (tertiary/aromatic N) is 1. The molecular weight excluding hydrogens is 236 g/mol. The van der Waals surface area contributed by atoms with Crippen molar-refractivity contribution in [3.05, 3.63) is 0 Å². The molecule has 2 aliphatic rings. The average Bonchev–Trinajstić information content (AvgIpc) is 3.16. The van der Waals surface area contributed by atoms with Gasteiger partial charge in [-0.3, -0.25) is 4.90 Å². The second kappa shape index (κ2) is 7.61. The van der Waals surface area contributed by atoms with Crippen LogP contribution in [0.25, 0.3) is 0 Å². The second-order valence-electron chi connectivity index (χ2n) is 6.58. The van der Waals surface area contributed by atoms with Crippen molar-refractivity contribution in [2.75, 3.05) is 39.9 Å². The van der Waals surface area contributed by atoms with E-state index in [0.29, 0.717) is 5.41 Å². The van der Waals surface area contributed by atoms with Crippen molar-refractivity contribution in [3.8, 4) is 0 Å². The summed E-state index contributed by atoms with van der Waals surface area (Å²) in [4.78, 5) is 2.71. The second-order valence-corrected chi connectivity index (χ2v) is 6.58. The van der Waals surface area contributed by atoms with Gasteiger partial charge in [0.1, 0.15) is 0 Å². The summed E-state index contributed by atoms with van der Waals surface area (Å²) in [7, 11) is 1.82. The Balaban J connectivity index is 1.86. The van der Waals surface area contributed by atoms with E-state index in [2.05, 4.69) is 17.1 Å². The van der Waals surface area contributed by atoms with Crippen molar-refractivity contribution in [1.29, 1.82) is 0 Å². The smallest absolute Gasteiger partial charge is 0.0589 e. The van der Waals surface area contributed by atoms with Gasteiger partial charge in [0.2, 0.25) is 0 Å². The highest BCUT2D eigenvalue weighted by molar-refractivity contribution is 4.94. The number of hydrogen-bond donors (Lipinski definition) is 1. The Morgan fingerprint density at radius 1 is 1.26 bits per heavy atom. The van der Waals surface area contributed by atoms with Crippen LogP contribution >= 0.6 is 0 Å². The van der Waals surface area contributed by atoms with E-state index < -0.39 is 0 Å². The molecule has 3 nitrogen and oxygen atoms in total. The molecule has 2 fully saturated rings. The first-order valence-electron chi connectivity index (χ1n) is 8.23. The van der Waals surface area contributed by atoms with Gasteiger partial charge in [0.15, 0.2) is 0 Å². The van der Waals surface area contributed by atoms with Gasteiger partial charge in [0, 0.05) is 32.8 Å². The van der Waals surface area contributed by atoms with Crippen molar-refractivity contribution in [2.24, 2.45) is 5.41 Å². The highest BCUT2D eigenvalue weighted by Crippen LogP contribution is 2.40. The normalized spacial score (nSPS) is 22.3. The molecule has 19 heavy (non-hydrogen) atoms. The van der Waals surface area contributed by atoms with Crippen LogP contribution in [0.1, 0.15) is 51.9 Å². The van der Waals surface area contributed by atoms with Crippen LogP contribution in [0.5, 0.6) is 0 Å². The maximum absolute atomic E-state index is 5.29. The molecule has 0 spiro atoms. The van der Waals surface area contributed by atoms with Crippen molar-refractivity contribution >= 4 is 0 Å². The zero-order chi connectivity index (χ0) is 13.6. The van der Waals surface area contributed by atoms with Crippen LogP contribution < -0.4 is 5.32 Å². The number of nitrogens with one attached hydrogen (secondary N) is 1. The van der Waals surface area contributed by atoms with E-state index in [0.717, 1.165) is 19.2 Å². The van der Waals surface area contributed by atoms with Crippen LogP contribution in [0, 0.1) is 5.41 Å². The molecule has 0 aromatic heterocycles. The Kier molecular flexibility index (Phi) is 6.11. The molecule has 3 heteroatoms. The van der Waals surface area contributed by atoms with Gasteiger partial charge >= 0.3 is 0 Å². The fourth-order valence-electron chi connectivity index (χ4n) is 3.52. The van der Waals surface area contributed by atoms with Gasteiger partial charge in [-0.1, -0.05) is 19.8 Å². The van der Waals surface area contributed by atoms with E-state index >= 15 is 0 Å². The summed E-state index contributed by atoms with van der Waals surface area (Å²) in [6.45, 7) is 7.94. The topological polar surface area (TPSA) is 24.5 Å². The summed E-state index contributed by atoms with van der Waals surface area (Å²) >= 11 is 0. The van der Waals surface area contributed by atoms with Crippen molar-refractivity contribution in [2.45, 2.75) is 57.9 Å². The number of ether oxygens (including phenoxy) is 1. The summed E-state index contributed by atoms with van der Waals surface area (Å²) in [6.07, 6.45) is 9.74. The molecule has 0 heterocycles. The van der Waals surface area contributed by atoms with Crippen molar-refractivity contribution < 1.29 is 4.74 Å². The number of rotatable bonds is 10. The van der Waals surface area contributed by atoms with E-state index in [9.17, 15) is 0 Å². The Labute approximate surface area is 119 Å². The van der Waals surface area contributed by atoms with Gasteiger partial charge in [0.05, 0.1) is 6.61 Å². The predicted octanol–water partition coefficient (Wildman–Crippen LogP) is 2.66. The quantitative estimate of drug-likeness (QED) is 0.617. The molecule has 0 radical (unpaired) electrons. The van der Waals surface area contributed by atoms with Gasteiger partial charge in [-0.2, -0.15) is 0 Å². The molecule has 1 N–H and O–H groups in total. The highest BCUT2D eigenvalue weighted by Gasteiger charge is 2.39. The Morgan fingerprint density at radius 2 is 2.00 bits per heavy atom. The lowest BCUT2D eigenvalue weighted by Crippen LogP contribution is -2.44. The maximum Gasteiger partial charge on any atom is 0.0589 e. The minimum atomic E-state index is 0.547. The summed E-state index contributed by atoms with van der Waals surface area (Å²) in [5.41, 5.74) is 0.547. The lowest BCUT2D eigenvalue weighted by atomic mass is 9.85. The van der Waals surface area contributed by atoms with E-state index in [-0.39, 0.29) is 0 Å². The Bertz CT molecular complexity index is 247. The predicted molar refractivity (Wildman–Crippen MR) is 80.5 cm³/mol. The zero-order valence-corrected chi connectivity index (χ0v) is 12.9. The third-order valence-electron chi connectivity index (χ3n) is 4.78.